The molecule has 1 saturated heterocycles. The first-order chi connectivity index (χ1) is 9.04. The average Bonchev–Trinajstić information content (AvgIpc) is 2.39. The van der Waals surface area contributed by atoms with Gasteiger partial charge in [-0.15, -0.1) is 0 Å². The van der Waals surface area contributed by atoms with Crippen LogP contribution in [0.4, 0.5) is 20.4 Å². The highest BCUT2D eigenvalue weighted by atomic mass is 19.1. The van der Waals surface area contributed by atoms with Crippen LogP contribution >= 0.6 is 0 Å². The highest BCUT2D eigenvalue weighted by Crippen LogP contribution is 2.25. The molecule has 0 aliphatic carbocycles. The molecule has 1 fully saturated rings. The predicted octanol–water partition coefficient (Wildman–Crippen LogP) is 0.0920. The van der Waals surface area contributed by atoms with Gasteiger partial charge in [-0.25, -0.2) is 13.8 Å². The maximum atomic E-state index is 13.8. The maximum absolute atomic E-state index is 13.8. The summed E-state index contributed by atoms with van der Waals surface area (Å²) in [5, 5.41) is 2.52. The number of carbonyl (C=O) groups is 1. The van der Waals surface area contributed by atoms with Gasteiger partial charge in [0.25, 0.3) is 0 Å². The van der Waals surface area contributed by atoms with E-state index in [1.54, 1.807) is 0 Å². The number of pyridine rings is 1. The average molecular weight is 272 g/mol. The third-order valence-corrected chi connectivity index (χ3v) is 2.88. The zero-order chi connectivity index (χ0) is 14.0. The molecule has 1 atom stereocenters. The topological polar surface area (TPSA) is 80.5 Å². The third-order valence-electron chi connectivity index (χ3n) is 2.88. The summed E-state index contributed by atoms with van der Waals surface area (Å²) in [5.74, 6) is -2.49. The molecule has 1 aromatic rings. The van der Waals surface area contributed by atoms with Crippen LogP contribution in [0.1, 0.15) is 0 Å². The molecule has 6 nitrogen and oxygen atoms in total. The van der Waals surface area contributed by atoms with Crippen LogP contribution < -0.4 is 16.0 Å². The zero-order valence-corrected chi connectivity index (χ0v) is 10.3. The molecule has 19 heavy (non-hydrogen) atoms. The number of hydrogen-bond acceptors (Lipinski definition) is 5. The molecule has 1 unspecified atom stereocenters. The molecule has 2 heterocycles. The van der Waals surface area contributed by atoms with E-state index in [1.807, 2.05) is 0 Å². The lowest BCUT2D eigenvalue weighted by molar-refractivity contribution is -0.121. The van der Waals surface area contributed by atoms with E-state index in [0.29, 0.717) is 6.61 Å². The van der Waals surface area contributed by atoms with Gasteiger partial charge in [0.05, 0.1) is 13.2 Å². The molecule has 0 radical (unpaired) electrons. The molecule has 0 bridgehead atoms. The van der Waals surface area contributed by atoms with Gasteiger partial charge in [0, 0.05) is 19.7 Å². The minimum Gasteiger partial charge on any atom is -0.377 e. The summed E-state index contributed by atoms with van der Waals surface area (Å²) < 4.78 is 32.3. The van der Waals surface area contributed by atoms with E-state index in [4.69, 9.17) is 10.5 Å². The van der Waals surface area contributed by atoms with E-state index in [1.165, 1.54) is 11.9 Å². The first kappa shape index (κ1) is 13.5. The lowest BCUT2D eigenvalue weighted by Crippen LogP contribution is -2.53. The molecule has 1 amide bonds. The standard InChI is InChI=1S/C11H14F2N4O2/c1-15-10-6(12)4-7(13)11(16-10)17-2-3-19-5-8(17)9(14)18/h4,8H,2-3,5H2,1H3,(H2,14,18)(H,15,16). The monoisotopic (exact) mass is 272 g/mol. The number of morpholine rings is 1. The van der Waals surface area contributed by atoms with Crippen LogP contribution in [-0.4, -0.2) is 43.7 Å². The summed E-state index contributed by atoms with van der Waals surface area (Å²) in [7, 11) is 1.47. The van der Waals surface area contributed by atoms with Gasteiger partial charge in [0.2, 0.25) is 5.91 Å². The van der Waals surface area contributed by atoms with Crippen LogP contribution in [0.2, 0.25) is 0 Å². The molecule has 0 spiro atoms. The Balaban J connectivity index is 2.41. The first-order valence-corrected chi connectivity index (χ1v) is 5.72. The number of nitrogens with two attached hydrogens (primary N) is 1. The van der Waals surface area contributed by atoms with Crippen molar-refractivity contribution in [3.63, 3.8) is 0 Å². The van der Waals surface area contributed by atoms with Gasteiger partial charge in [-0.1, -0.05) is 0 Å². The van der Waals surface area contributed by atoms with Crippen molar-refractivity contribution in [3.8, 4) is 0 Å². The number of nitrogens with one attached hydrogen (secondary N) is 1. The number of hydrogen-bond donors (Lipinski definition) is 2. The van der Waals surface area contributed by atoms with Crippen LogP contribution in [0.3, 0.4) is 0 Å². The van der Waals surface area contributed by atoms with Crippen molar-refractivity contribution in [2.24, 2.45) is 5.73 Å². The third kappa shape index (κ3) is 2.58. The van der Waals surface area contributed by atoms with Crippen LogP contribution in [0.5, 0.6) is 0 Å². The molecule has 2 rings (SSSR count). The fourth-order valence-corrected chi connectivity index (χ4v) is 1.93. The van der Waals surface area contributed by atoms with Gasteiger partial charge in [-0.2, -0.15) is 0 Å². The van der Waals surface area contributed by atoms with E-state index in [9.17, 15) is 13.6 Å². The number of nitrogens with zero attached hydrogens (tertiary/aromatic N) is 2. The summed E-state index contributed by atoms with van der Waals surface area (Å²) in [4.78, 5) is 16.6. The smallest absolute Gasteiger partial charge is 0.242 e. The molecule has 1 aliphatic rings. The van der Waals surface area contributed by atoms with E-state index in [0.717, 1.165) is 6.07 Å². The lowest BCUT2D eigenvalue weighted by Gasteiger charge is -2.34. The molecule has 1 aliphatic heterocycles. The number of aromatic nitrogens is 1. The largest absolute Gasteiger partial charge is 0.377 e. The second kappa shape index (κ2) is 5.35. The Kier molecular flexibility index (Phi) is 3.79. The Hall–Kier alpha value is -1.96. The molecule has 0 saturated carbocycles. The van der Waals surface area contributed by atoms with Crippen LogP contribution in [-0.2, 0) is 9.53 Å². The van der Waals surface area contributed by atoms with E-state index in [2.05, 4.69) is 10.3 Å². The van der Waals surface area contributed by atoms with Crippen molar-refractivity contribution in [1.82, 2.24) is 4.98 Å². The van der Waals surface area contributed by atoms with Gasteiger partial charge >= 0.3 is 0 Å². The maximum Gasteiger partial charge on any atom is 0.242 e. The van der Waals surface area contributed by atoms with Gasteiger partial charge in [0.1, 0.15) is 6.04 Å². The minimum atomic E-state index is -0.843. The molecular weight excluding hydrogens is 258 g/mol. The van der Waals surface area contributed by atoms with Crippen LogP contribution in [0.15, 0.2) is 6.07 Å². The summed E-state index contributed by atoms with van der Waals surface area (Å²) in [6.07, 6.45) is 0. The molecule has 0 aromatic carbocycles. The Morgan fingerprint density at radius 2 is 2.32 bits per heavy atom. The minimum absolute atomic E-state index is 0.0583. The second-order valence-corrected chi connectivity index (χ2v) is 4.06. The van der Waals surface area contributed by atoms with Crippen LogP contribution in [0, 0.1) is 11.6 Å². The summed E-state index contributed by atoms with van der Waals surface area (Å²) in [6, 6.07) is -0.0901. The fraction of sp³-hybridized carbons (Fsp3) is 0.455. The lowest BCUT2D eigenvalue weighted by atomic mass is 10.2. The van der Waals surface area contributed by atoms with Crippen molar-refractivity contribution < 1.29 is 18.3 Å². The fourth-order valence-electron chi connectivity index (χ4n) is 1.93. The molecule has 104 valence electrons. The number of ether oxygens (including phenoxy) is 1. The van der Waals surface area contributed by atoms with E-state index >= 15 is 0 Å². The SMILES string of the molecule is CNc1nc(N2CCOCC2C(N)=O)c(F)cc1F. The van der Waals surface area contributed by atoms with Crippen LogP contribution in [0.25, 0.3) is 0 Å². The number of carbonyl (C=O) groups excluding carboxylic acids is 1. The van der Waals surface area contributed by atoms with Crippen molar-refractivity contribution in [3.05, 3.63) is 17.7 Å². The second-order valence-electron chi connectivity index (χ2n) is 4.06. The number of primary amides is 1. The number of anilines is 2. The Morgan fingerprint density at radius 3 is 2.95 bits per heavy atom. The van der Waals surface area contributed by atoms with Gasteiger partial charge < -0.3 is 20.7 Å². The Morgan fingerprint density at radius 1 is 1.58 bits per heavy atom. The summed E-state index contributed by atoms with van der Waals surface area (Å²) in [6.45, 7) is 0.631. The highest BCUT2D eigenvalue weighted by molar-refractivity contribution is 5.83. The summed E-state index contributed by atoms with van der Waals surface area (Å²) in [5.41, 5.74) is 5.24. The van der Waals surface area contributed by atoms with Crippen molar-refractivity contribution >= 4 is 17.5 Å². The molecule has 3 N–H and O–H groups in total. The molecule has 8 heteroatoms. The van der Waals surface area contributed by atoms with Gasteiger partial charge in [-0.3, -0.25) is 4.79 Å². The zero-order valence-electron chi connectivity index (χ0n) is 10.3. The first-order valence-electron chi connectivity index (χ1n) is 5.72. The van der Waals surface area contributed by atoms with Crippen molar-refractivity contribution in [1.29, 1.82) is 0 Å². The Bertz CT molecular complexity index is 498. The van der Waals surface area contributed by atoms with Crippen molar-refractivity contribution in [2.75, 3.05) is 37.0 Å². The van der Waals surface area contributed by atoms with Gasteiger partial charge in [0.15, 0.2) is 23.3 Å². The normalized spacial score (nSPS) is 19.3. The Labute approximate surface area is 108 Å². The summed E-state index contributed by atoms with van der Waals surface area (Å²) >= 11 is 0. The van der Waals surface area contributed by atoms with E-state index in [-0.39, 0.29) is 24.8 Å². The molecular formula is C11H14F2N4O2. The number of amides is 1. The predicted molar refractivity (Wildman–Crippen MR) is 64.8 cm³/mol. The van der Waals surface area contributed by atoms with E-state index < -0.39 is 23.6 Å². The van der Waals surface area contributed by atoms with Gasteiger partial charge in [-0.05, 0) is 0 Å². The highest BCUT2D eigenvalue weighted by Gasteiger charge is 2.31. The van der Waals surface area contributed by atoms with Crippen molar-refractivity contribution in [2.45, 2.75) is 6.04 Å². The number of halogens is 2. The quantitative estimate of drug-likeness (QED) is 0.815. The number of rotatable bonds is 3. The molecule has 1 aromatic heterocycles.